The number of carbonyl (C=O) groups excluding carboxylic acids is 3. The molecule has 0 bridgehead atoms. The molecule has 0 aliphatic rings. The minimum atomic E-state index is -2.32. The fourth-order valence-electron chi connectivity index (χ4n) is 2.87. The van der Waals surface area contributed by atoms with Crippen LogP contribution in [0, 0.1) is 5.82 Å². The first kappa shape index (κ1) is 25.7. The van der Waals surface area contributed by atoms with Gasteiger partial charge in [-0.15, -0.1) is 0 Å². The number of aliphatic carboxylic acids is 1. The van der Waals surface area contributed by atoms with Crippen LogP contribution in [0.5, 0.6) is 0 Å². The van der Waals surface area contributed by atoms with Crippen LogP contribution in [0.1, 0.15) is 20.7 Å². The highest BCUT2D eigenvalue weighted by atomic mass is 35.5. The number of benzene rings is 3. The molecule has 2 N–H and O–H groups in total. The Bertz CT molecular complexity index is 1280. The van der Waals surface area contributed by atoms with Crippen molar-refractivity contribution < 1.29 is 38.1 Å². The van der Waals surface area contributed by atoms with Crippen molar-refractivity contribution in [1.82, 2.24) is 0 Å². The van der Waals surface area contributed by atoms with Gasteiger partial charge in [0.25, 0.3) is 5.91 Å². The average Bonchev–Trinajstić information content (AvgIpc) is 2.82. The molecule has 0 saturated carbocycles. The van der Waals surface area contributed by atoms with E-state index in [1.165, 1.54) is 66.7 Å². The molecule has 0 radical (unpaired) electrons. The van der Waals surface area contributed by atoms with Crippen LogP contribution < -0.4 is 5.32 Å². The van der Waals surface area contributed by atoms with E-state index in [-0.39, 0.29) is 26.9 Å². The van der Waals surface area contributed by atoms with Gasteiger partial charge in [-0.3, -0.25) is 4.79 Å². The Morgan fingerprint density at radius 3 is 1.69 bits per heavy atom. The normalized spacial score (nSPS) is 12.2. The monoisotopic (exact) mass is 519 g/mol. The van der Waals surface area contributed by atoms with Gasteiger partial charge in [0, 0.05) is 0 Å². The van der Waals surface area contributed by atoms with Gasteiger partial charge in [-0.2, -0.15) is 0 Å². The Labute approximate surface area is 208 Å². The van der Waals surface area contributed by atoms with Gasteiger partial charge < -0.3 is 19.9 Å². The largest absolute Gasteiger partial charge is 0.478 e. The maximum absolute atomic E-state index is 14.1. The van der Waals surface area contributed by atoms with Gasteiger partial charge in [0.15, 0.2) is 0 Å². The molecular weight excluding hydrogens is 504 g/mol. The summed E-state index contributed by atoms with van der Waals surface area (Å²) in [4.78, 5) is 50.3. The van der Waals surface area contributed by atoms with E-state index in [0.29, 0.717) is 0 Å². The highest BCUT2D eigenvalue weighted by Crippen LogP contribution is 2.22. The van der Waals surface area contributed by atoms with Crippen LogP contribution in [0.3, 0.4) is 0 Å². The van der Waals surface area contributed by atoms with Crippen molar-refractivity contribution in [2.24, 2.45) is 0 Å². The molecule has 3 aromatic rings. The number of amides is 1. The molecule has 0 aromatic heterocycles. The molecule has 0 spiro atoms. The summed E-state index contributed by atoms with van der Waals surface area (Å²) in [6.07, 6.45) is -4.56. The standard InChI is InChI=1S/C24H16Cl2FNO7/c25-15-9-3-1-7-13(15)23(32)34-19(21(29)28-18-12-6-5-11-17(18)27)20(22(30)31)35-24(33)14-8-2-4-10-16(14)26/h1-12,19-20H,(H,28,29)(H,30,31)/t19-,20+/m0/s1. The summed E-state index contributed by atoms with van der Waals surface area (Å²) in [7, 11) is 0. The maximum Gasteiger partial charge on any atom is 0.349 e. The number of anilines is 1. The third kappa shape index (κ3) is 6.34. The zero-order valence-corrected chi connectivity index (χ0v) is 19.1. The van der Waals surface area contributed by atoms with Crippen molar-refractivity contribution in [1.29, 1.82) is 0 Å². The molecule has 11 heteroatoms. The van der Waals surface area contributed by atoms with E-state index in [4.69, 9.17) is 32.7 Å². The van der Waals surface area contributed by atoms with Crippen molar-refractivity contribution in [3.05, 3.63) is 99.8 Å². The third-order valence-corrected chi connectivity index (χ3v) is 5.22. The molecule has 180 valence electrons. The van der Waals surface area contributed by atoms with E-state index >= 15 is 0 Å². The summed E-state index contributed by atoms with van der Waals surface area (Å²) in [5.41, 5.74) is -0.691. The zero-order chi connectivity index (χ0) is 25.5. The quantitative estimate of drug-likeness (QED) is 0.417. The molecule has 0 aliphatic heterocycles. The lowest BCUT2D eigenvalue weighted by Crippen LogP contribution is -2.48. The molecule has 3 rings (SSSR count). The van der Waals surface area contributed by atoms with Gasteiger partial charge in [0.2, 0.25) is 12.2 Å². The minimum absolute atomic E-state index is 0.0364. The second kappa shape index (κ2) is 11.5. The summed E-state index contributed by atoms with van der Waals surface area (Å²) >= 11 is 12.0. The highest BCUT2D eigenvalue weighted by Gasteiger charge is 2.41. The Kier molecular flexibility index (Phi) is 8.40. The Morgan fingerprint density at radius 1 is 0.743 bits per heavy atom. The SMILES string of the molecule is O=C(O[C@H](C(=O)Nc1ccccc1F)[C@@H](OC(=O)c1ccccc1Cl)C(=O)O)c1ccccc1Cl. The first-order valence-electron chi connectivity index (χ1n) is 9.88. The number of hydrogen-bond acceptors (Lipinski definition) is 6. The maximum atomic E-state index is 14.1. The van der Waals surface area contributed by atoms with Gasteiger partial charge in [-0.25, -0.2) is 18.8 Å². The van der Waals surface area contributed by atoms with Crippen molar-refractivity contribution in [2.75, 3.05) is 5.32 Å². The zero-order valence-electron chi connectivity index (χ0n) is 17.6. The molecule has 8 nitrogen and oxygen atoms in total. The lowest BCUT2D eigenvalue weighted by molar-refractivity contribution is -0.157. The van der Waals surface area contributed by atoms with Crippen molar-refractivity contribution in [3.8, 4) is 0 Å². The number of hydrogen-bond donors (Lipinski definition) is 2. The van der Waals surface area contributed by atoms with Crippen molar-refractivity contribution in [2.45, 2.75) is 12.2 Å². The lowest BCUT2D eigenvalue weighted by atomic mass is 10.1. The number of ether oxygens (including phenoxy) is 2. The highest BCUT2D eigenvalue weighted by molar-refractivity contribution is 6.34. The van der Waals surface area contributed by atoms with Gasteiger partial charge in [-0.1, -0.05) is 59.6 Å². The van der Waals surface area contributed by atoms with E-state index in [9.17, 15) is 28.7 Å². The fourth-order valence-corrected chi connectivity index (χ4v) is 3.30. The molecule has 0 fully saturated rings. The molecule has 0 unspecified atom stereocenters. The first-order chi connectivity index (χ1) is 16.7. The van der Waals surface area contributed by atoms with E-state index in [1.807, 2.05) is 0 Å². The number of carboxylic acid groups (broad SMARTS) is 1. The Hall–Kier alpha value is -3.95. The number of carbonyl (C=O) groups is 4. The summed E-state index contributed by atoms with van der Waals surface area (Å²) in [6, 6.07) is 16.3. The van der Waals surface area contributed by atoms with Crippen molar-refractivity contribution >= 4 is 52.7 Å². The van der Waals surface area contributed by atoms with Crippen LogP contribution in [-0.2, 0) is 19.1 Å². The molecule has 3 aromatic carbocycles. The molecule has 0 aliphatic carbocycles. The van der Waals surface area contributed by atoms with Crippen LogP contribution >= 0.6 is 23.2 Å². The summed E-state index contributed by atoms with van der Waals surface area (Å²) in [5.74, 6) is -6.29. The summed E-state index contributed by atoms with van der Waals surface area (Å²) in [6.45, 7) is 0. The Morgan fingerprint density at radius 2 is 1.20 bits per heavy atom. The topological polar surface area (TPSA) is 119 Å². The van der Waals surface area contributed by atoms with E-state index < -0.39 is 41.8 Å². The smallest absolute Gasteiger partial charge is 0.349 e. The summed E-state index contributed by atoms with van der Waals surface area (Å²) < 4.78 is 24.2. The number of esters is 2. The van der Waals surface area contributed by atoms with E-state index in [1.54, 1.807) is 0 Å². The number of para-hydroxylation sites is 1. The third-order valence-electron chi connectivity index (χ3n) is 4.56. The van der Waals surface area contributed by atoms with Crippen LogP contribution in [0.25, 0.3) is 0 Å². The van der Waals surface area contributed by atoms with Crippen LogP contribution in [0.15, 0.2) is 72.8 Å². The number of carboxylic acids is 1. The summed E-state index contributed by atoms with van der Waals surface area (Å²) in [5, 5.41) is 11.8. The molecule has 0 heterocycles. The minimum Gasteiger partial charge on any atom is -0.478 e. The van der Waals surface area contributed by atoms with E-state index in [0.717, 1.165) is 6.07 Å². The fraction of sp³-hybridized carbons (Fsp3) is 0.0833. The predicted octanol–water partition coefficient (Wildman–Crippen LogP) is 4.61. The second-order valence-corrected chi connectivity index (χ2v) is 7.73. The average molecular weight is 520 g/mol. The Balaban J connectivity index is 1.95. The van der Waals surface area contributed by atoms with Crippen LogP contribution in [0.2, 0.25) is 10.0 Å². The van der Waals surface area contributed by atoms with E-state index in [2.05, 4.69) is 5.32 Å². The predicted molar refractivity (Wildman–Crippen MR) is 124 cm³/mol. The molecule has 1 amide bonds. The van der Waals surface area contributed by atoms with Crippen LogP contribution in [0.4, 0.5) is 10.1 Å². The first-order valence-corrected chi connectivity index (χ1v) is 10.6. The molecule has 2 atom stereocenters. The number of nitrogens with one attached hydrogen (secondary N) is 1. The number of halogens is 3. The van der Waals surface area contributed by atoms with Gasteiger partial charge in [0.1, 0.15) is 5.82 Å². The second-order valence-electron chi connectivity index (χ2n) is 6.92. The molecular formula is C24H16Cl2FNO7. The van der Waals surface area contributed by atoms with Crippen LogP contribution in [-0.4, -0.2) is 41.1 Å². The number of rotatable bonds is 8. The lowest BCUT2D eigenvalue weighted by Gasteiger charge is -2.24. The molecule has 35 heavy (non-hydrogen) atoms. The molecule has 0 saturated heterocycles. The van der Waals surface area contributed by atoms with Gasteiger partial charge >= 0.3 is 17.9 Å². The van der Waals surface area contributed by atoms with Crippen molar-refractivity contribution in [3.63, 3.8) is 0 Å². The van der Waals surface area contributed by atoms with Gasteiger partial charge in [-0.05, 0) is 36.4 Å². The van der Waals surface area contributed by atoms with Gasteiger partial charge in [0.05, 0.1) is 26.9 Å².